The number of hydrogen-bond acceptors (Lipinski definition) is 4. The zero-order valence-corrected chi connectivity index (χ0v) is 14.1. The lowest BCUT2D eigenvalue weighted by Crippen LogP contribution is -2.44. The van der Waals surface area contributed by atoms with Crippen molar-refractivity contribution in [3.8, 4) is 0 Å². The summed E-state index contributed by atoms with van der Waals surface area (Å²) in [5.41, 5.74) is 0.842. The third-order valence-electron chi connectivity index (χ3n) is 3.63. The third-order valence-corrected chi connectivity index (χ3v) is 5.59. The molecule has 0 aliphatic carbocycles. The summed E-state index contributed by atoms with van der Waals surface area (Å²) in [6, 6.07) is 8.13. The predicted molar refractivity (Wildman–Crippen MR) is 91.9 cm³/mol. The third kappa shape index (κ3) is 4.80. The second kappa shape index (κ2) is 7.92. The van der Waals surface area contributed by atoms with Crippen molar-refractivity contribution in [1.29, 1.82) is 0 Å². The Morgan fingerprint density at radius 2 is 2.24 bits per heavy atom. The molecule has 1 fully saturated rings. The molecule has 114 valence electrons. The van der Waals surface area contributed by atoms with Crippen molar-refractivity contribution in [2.24, 2.45) is 0 Å². The quantitative estimate of drug-likeness (QED) is 0.645. The molecule has 21 heavy (non-hydrogen) atoms. The van der Waals surface area contributed by atoms with Gasteiger partial charge in [0.2, 0.25) is 5.91 Å². The Labute approximate surface area is 134 Å². The minimum absolute atomic E-state index is 0.0720. The number of benzene rings is 1. The lowest BCUT2D eigenvalue weighted by atomic mass is 10.0. The molecule has 0 spiro atoms. The molecule has 0 bridgehead atoms. The number of nitrogens with one attached hydrogen (secondary N) is 1. The summed E-state index contributed by atoms with van der Waals surface area (Å²) in [5, 5.41) is 2.94. The van der Waals surface area contributed by atoms with Crippen LogP contribution in [-0.4, -0.2) is 42.9 Å². The van der Waals surface area contributed by atoms with Crippen molar-refractivity contribution in [2.45, 2.75) is 16.9 Å². The van der Waals surface area contributed by atoms with Gasteiger partial charge < -0.3 is 10.1 Å². The molecule has 3 nitrogen and oxygen atoms in total. The maximum Gasteiger partial charge on any atom is 0.244 e. The zero-order valence-electron chi connectivity index (χ0n) is 12.4. The van der Waals surface area contributed by atoms with E-state index in [2.05, 4.69) is 17.4 Å². The Hall–Kier alpha value is -0.910. The van der Waals surface area contributed by atoms with Gasteiger partial charge in [0.1, 0.15) is 0 Å². The van der Waals surface area contributed by atoms with Crippen molar-refractivity contribution in [3.05, 3.63) is 35.9 Å². The van der Waals surface area contributed by atoms with Crippen LogP contribution < -0.4 is 5.32 Å². The highest BCUT2D eigenvalue weighted by Gasteiger charge is 2.34. The van der Waals surface area contributed by atoms with Crippen molar-refractivity contribution in [3.63, 3.8) is 0 Å². The minimum Gasteiger partial charge on any atom is -0.376 e. The number of hydrogen-bond donors (Lipinski definition) is 1. The average molecular weight is 323 g/mol. The fraction of sp³-hybridized carbons (Fsp3) is 0.438. The molecular weight excluding hydrogens is 302 g/mol. The molecule has 1 aromatic carbocycles. The first-order chi connectivity index (χ1) is 10.2. The van der Waals surface area contributed by atoms with E-state index in [0.29, 0.717) is 6.54 Å². The van der Waals surface area contributed by atoms with Crippen LogP contribution in [0.1, 0.15) is 12.0 Å². The van der Waals surface area contributed by atoms with Crippen LogP contribution in [0.15, 0.2) is 35.2 Å². The molecule has 1 saturated heterocycles. The fourth-order valence-corrected chi connectivity index (χ4v) is 3.96. The molecule has 5 heteroatoms. The topological polar surface area (TPSA) is 38.3 Å². The van der Waals surface area contributed by atoms with Crippen LogP contribution in [0.2, 0.25) is 0 Å². The van der Waals surface area contributed by atoms with Crippen molar-refractivity contribution in [1.82, 2.24) is 5.32 Å². The molecule has 1 aromatic rings. The molecule has 0 aromatic heterocycles. The van der Waals surface area contributed by atoms with Gasteiger partial charge >= 0.3 is 0 Å². The van der Waals surface area contributed by atoms with E-state index in [1.807, 2.05) is 36.2 Å². The van der Waals surface area contributed by atoms with Crippen LogP contribution in [0.25, 0.3) is 6.08 Å². The first-order valence-electron chi connectivity index (χ1n) is 6.90. The normalized spacial score (nSPS) is 21.8. The Balaban J connectivity index is 1.84. The minimum atomic E-state index is -0.186. The molecule has 1 heterocycles. The maximum absolute atomic E-state index is 11.9. The smallest absolute Gasteiger partial charge is 0.244 e. The van der Waals surface area contributed by atoms with Gasteiger partial charge in [0.15, 0.2) is 0 Å². The van der Waals surface area contributed by atoms with Gasteiger partial charge in [-0.05, 0) is 42.2 Å². The highest BCUT2D eigenvalue weighted by Crippen LogP contribution is 2.30. The maximum atomic E-state index is 11.9. The van der Waals surface area contributed by atoms with E-state index >= 15 is 0 Å². The van der Waals surface area contributed by atoms with Crippen LogP contribution in [0.4, 0.5) is 0 Å². The molecule has 1 atom stereocenters. The van der Waals surface area contributed by atoms with Crippen molar-refractivity contribution in [2.75, 3.05) is 31.4 Å². The van der Waals surface area contributed by atoms with E-state index in [9.17, 15) is 4.79 Å². The van der Waals surface area contributed by atoms with Gasteiger partial charge in [-0.25, -0.2) is 0 Å². The van der Waals surface area contributed by atoms with Gasteiger partial charge in [-0.2, -0.15) is 11.8 Å². The van der Waals surface area contributed by atoms with E-state index in [1.165, 1.54) is 4.90 Å². The molecule has 1 N–H and O–H groups in total. The van der Waals surface area contributed by atoms with Crippen molar-refractivity contribution >= 4 is 35.5 Å². The SMILES string of the molecule is COC1(CNC(=O)/C=C/c2ccc(SC)cc2)CCSC1. The Bertz CT molecular complexity index is 494. The summed E-state index contributed by atoms with van der Waals surface area (Å²) < 4.78 is 5.58. The number of methoxy groups -OCH3 is 1. The Kier molecular flexibility index (Phi) is 6.21. The van der Waals surface area contributed by atoms with E-state index in [1.54, 1.807) is 24.9 Å². The lowest BCUT2D eigenvalue weighted by molar-refractivity contribution is -0.117. The van der Waals surface area contributed by atoms with Crippen LogP contribution in [0.3, 0.4) is 0 Å². The van der Waals surface area contributed by atoms with Gasteiger partial charge in [-0.3, -0.25) is 4.79 Å². The predicted octanol–water partition coefficient (Wildman–Crippen LogP) is 3.06. The second-order valence-electron chi connectivity index (χ2n) is 5.01. The molecule has 1 amide bonds. The first kappa shape index (κ1) is 16.5. The summed E-state index contributed by atoms with van der Waals surface area (Å²) in [4.78, 5) is 13.1. The number of amides is 1. The van der Waals surface area contributed by atoms with Gasteiger partial charge in [0.05, 0.1) is 5.60 Å². The highest BCUT2D eigenvalue weighted by molar-refractivity contribution is 7.99. The van der Waals surface area contributed by atoms with Crippen LogP contribution in [0, 0.1) is 0 Å². The summed E-state index contributed by atoms with van der Waals surface area (Å²) in [7, 11) is 1.72. The fourth-order valence-electron chi connectivity index (χ4n) is 2.16. The summed E-state index contributed by atoms with van der Waals surface area (Å²) in [6.45, 7) is 0.574. The molecule has 0 radical (unpaired) electrons. The van der Waals surface area contributed by atoms with Gasteiger partial charge in [0.25, 0.3) is 0 Å². The largest absolute Gasteiger partial charge is 0.376 e. The van der Waals surface area contributed by atoms with E-state index in [-0.39, 0.29) is 11.5 Å². The van der Waals surface area contributed by atoms with Crippen LogP contribution >= 0.6 is 23.5 Å². The van der Waals surface area contributed by atoms with Gasteiger partial charge in [-0.15, -0.1) is 11.8 Å². The van der Waals surface area contributed by atoms with E-state index in [4.69, 9.17) is 4.74 Å². The zero-order chi connectivity index (χ0) is 15.1. The summed E-state index contributed by atoms with van der Waals surface area (Å²) >= 11 is 3.58. The number of carbonyl (C=O) groups excluding carboxylic acids is 1. The average Bonchev–Trinajstić information content (AvgIpc) is 3.01. The molecule has 2 rings (SSSR count). The summed E-state index contributed by atoms with van der Waals surface area (Å²) in [5.74, 6) is 1.97. The molecule has 0 saturated carbocycles. The standard InChI is InChI=1S/C16H21NO2S2/c1-19-16(9-10-21-12-16)11-17-15(18)8-5-13-3-6-14(20-2)7-4-13/h3-8H,9-12H2,1-2H3,(H,17,18)/b8-5+. The van der Waals surface area contributed by atoms with E-state index < -0.39 is 0 Å². The van der Waals surface area contributed by atoms with Crippen molar-refractivity contribution < 1.29 is 9.53 Å². The van der Waals surface area contributed by atoms with Crippen LogP contribution in [0.5, 0.6) is 0 Å². The molecule has 1 aliphatic rings. The first-order valence-corrected chi connectivity index (χ1v) is 9.28. The molecular formula is C16H21NO2S2. The second-order valence-corrected chi connectivity index (χ2v) is 7.00. The highest BCUT2D eigenvalue weighted by atomic mass is 32.2. The van der Waals surface area contributed by atoms with Gasteiger partial charge in [0, 0.05) is 30.4 Å². The number of carbonyl (C=O) groups is 1. The Morgan fingerprint density at radius 3 is 2.81 bits per heavy atom. The lowest BCUT2D eigenvalue weighted by Gasteiger charge is -2.26. The molecule has 1 aliphatic heterocycles. The number of rotatable bonds is 6. The van der Waals surface area contributed by atoms with Gasteiger partial charge in [-0.1, -0.05) is 12.1 Å². The monoisotopic (exact) mass is 323 g/mol. The number of thioether (sulfide) groups is 2. The summed E-state index contributed by atoms with van der Waals surface area (Å²) in [6.07, 6.45) is 6.46. The Morgan fingerprint density at radius 1 is 1.48 bits per heavy atom. The van der Waals surface area contributed by atoms with Crippen LogP contribution in [-0.2, 0) is 9.53 Å². The number of ether oxygens (including phenoxy) is 1. The van der Waals surface area contributed by atoms with E-state index in [0.717, 1.165) is 23.5 Å². The molecule has 1 unspecified atom stereocenters.